The first-order valence-electron chi connectivity index (χ1n) is 4.92. The molecule has 0 aliphatic rings. The molecule has 1 aromatic heterocycles. The van der Waals surface area contributed by atoms with Crippen molar-refractivity contribution < 1.29 is 5.11 Å². The van der Waals surface area contributed by atoms with Gasteiger partial charge in [-0.05, 0) is 23.4 Å². The van der Waals surface area contributed by atoms with Crippen LogP contribution in [0.1, 0.15) is 17.5 Å². The number of rotatable bonds is 3. The summed E-state index contributed by atoms with van der Waals surface area (Å²) in [5.41, 5.74) is 0.562. The van der Waals surface area contributed by atoms with Crippen molar-refractivity contribution in [1.29, 1.82) is 0 Å². The van der Waals surface area contributed by atoms with E-state index < -0.39 is 6.10 Å². The summed E-state index contributed by atoms with van der Waals surface area (Å²) in [5.74, 6) is 0.455. The van der Waals surface area contributed by atoms with Crippen LogP contribution in [0.2, 0.25) is 10.0 Å². The summed E-state index contributed by atoms with van der Waals surface area (Å²) < 4.78 is 0. The number of aromatic nitrogens is 4. The van der Waals surface area contributed by atoms with Gasteiger partial charge in [-0.15, -0.1) is 10.2 Å². The van der Waals surface area contributed by atoms with Crippen LogP contribution in [0.25, 0.3) is 0 Å². The van der Waals surface area contributed by atoms with Gasteiger partial charge < -0.3 is 5.11 Å². The molecule has 7 heteroatoms. The van der Waals surface area contributed by atoms with Crippen molar-refractivity contribution in [1.82, 2.24) is 20.2 Å². The fourth-order valence-electron chi connectivity index (χ4n) is 1.46. The number of benzene rings is 1. The van der Waals surface area contributed by atoms with Gasteiger partial charge in [0.25, 0.3) is 0 Å². The smallest absolute Gasteiger partial charge is 0.177 e. The van der Waals surface area contributed by atoms with Gasteiger partial charge in [-0.25, -0.2) is 0 Å². The van der Waals surface area contributed by atoms with Crippen LogP contribution >= 0.6 is 23.2 Å². The largest absolute Gasteiger partial charge is 0.388 e. The molecule has 0 radical (unpaired) electrons. The molecule has 2 aromatic rings. The minimum atomic E-state index is -0.801. The number of aryl methyl sites for hydroxylation is 1. The van der Waals surface area contributed by atoms with Crippen molar-refractivity contribution in [3.63, 3.8) is 0 Å². The van der Waals surface area contributed by atoms with Crippen LogP contribution < -0.4 is 0 Å². The van der Waals surface area contributed by atoms with E-state index in [0.29, 0.717) is 21.4 Å². The molecule has 0 bridgehead atoms. The molecule has 0 aliphatic carbocycles. The van der Waals surface area contributed by atoms with Crippen LogP contribution in [0.4, 0.5) is 0 Å². The molecule has 0 fully saturated rings. The Bertz CT molecular complexity index is 529. The number of hydrogen-bond donors (Lipinski definition) is 1. The SMILES string of the molecule is Cn1nnc(CC(O)c2cc(Cl)ccc2Cl)n1. The molecule has 0 saturated heterocycles. The fraction of sp³-hybridized carbons (Fsp3) is 0.300. The van der Waals surface area contributed by atoms with Crippen molar-refractivity contribution in [2.24, 2.45) is 7.05 Å². The van der Waals surface area contributed by atoms with Gasteiger partial charge in [-0.2, -0.15) is 4.80 Å². The normalized spacial score (nSPS) is 12.7. The summed E-state index contributed by atoms with van der Waals surface area (Å²) in [4.78, 5) is 1.33. The highest BCUT2D eigenvalue weighted by Gasteiger charge is 2.15. The molecule has 1 atom stereocenters. The van der Waals surface area contributed by atoms with Crippen molar-refractivity contribution in [3.8, 4) is 0 Å². The fourth-order valence-corrected chi connectivity index (χ4v) is 1.88. The van der Waals surface area contributed by atoms with Gasteiger partial charge in [0, 0.05) is 22.0 Å². The number of halogens is 2. The Morgan fingerprint density at radius 2 is 2.18 bits per heavy atom. The van der Waals surface area contributed by atoms with Gasteiger partial charge in [-0.3, -0.25) is 0 Å². The first-order chi connectivity index (χ1) is 8.06. The molecule has 17 heavy (non-hydrogen) atoms. The van der Waals surface area contributed by atoms with Crippen LogP contribution in [0.3, 0.4) is 0 Å². The first kappa shape index (κ1) is 12.3. The molecule has 1 N–H and O–H groups in total. The monoisotopic (exact) mass is 272 g/mol. The number of aliphatic hydroxyl groups excluding tert-OH is 1. The summed E-state index contributed by atoms with van der Waals surface area (Å²) in [7, 11) is 1.66. The van der Waals surface area contributed by atoms with E-state index in [1.165, 1.54) is 4.80 Å². The van der Waals surface area contributed by atoms with E-state index in [1.54, 1.807) is 25.2 Å². The van der Waals surface area contributed by atoms with Crippen molar-refractivity contribution >= 4 is 23.2 Å². The highest BCUT2D eigenvalue weighted by atomic mass is 35.5. The third-order valence-electron chi connectivity index (χ3n) is 2.24. The summed E-state index contributed by atoms with van der Waals surface area (Å²) in [6, 6.07) is 4.94. The average molecular weight is 273 g/mol. The molecule has 0 spiro atoms. The predicted molar refractivity (Wildman–Crippen MR) is 63.9 cm³/mol. The van der Waals surface area contributed by atoms with Gasteiger partial charge in [0.15, 0.2) is 5.82 Å². The van der Waals surface area contributed by atoms with Crippen molar-refractivity contribution in [2.45, 2.75) is 12.5 Å². The number of aliphatic hydroxyl groups is 1. The molecule has 0 aliphatic heterocycles. The standard InChI is InChI=1S/C10H10Cl2N4O/c1-16-14-10(13-15-16)5-9(17)7-4-6(11)2-3-8(7)12/h2-4,9,17H,5H2,1H3. The topological polar surface area (TPSA) is 63.8 Å². The second-order valence-electron chi connectivity index (χ2n) is 3.58. The third kappa shape index (κ3) is 2.94. The summed E-state index contributed by atoms with van der Waals surface area (Å²) in [6.45, 7) is 0. The van der Waals surface area contributed by atoms with Crippen LogP contribution in [0, 0.1) is 0 Å². The summed E-state index contributed by atoms with van der Waals surface area (Å²) in [5, 5.41) is 22.5. The molecule has 5 nitrogen and oxygen atoms in total. The maximum atomic E-state index is 10.0. The molecule has 90 valence electrons. The lowest BCUT2D eigenvalue weighted by atomic mass is 10.1. The lowest BCUT2D eigenvalue weighted by molar-refractivity contribution is 0.176. The molecule has 0 amide bonds. The lowest BCUT2D eigenvalue weighted by Gasteiger charge is -2.10. The summed E-state index contributed by atoms with van der Waals surface area (Å²) >= 11 is 11.8. The van der Waals surface area contributed by atoms with Gasteiger partial charge in [-0.1, -0.05) is 23.2 Å². The molecule has 1 heterocycles. The second-order valence-corrected chi connectivity index (χ2v) is 4.42. The highest BCUT2D eigenvalue weighted by Crippen LogP contribution is 2.27. The Morgan fingerprint density at radius 3 is 2.82 bits per heavy atom. The minimum Gasteiger partial charge on any atom is -0.388 e. The molecule has 1 unspecified atom stereocenters. The minimum absolute atomic E-state index is 0.244. The molecular weight excluding hydrogens is 263 g/mol. The maximum Gasteiger partial charge on any atom is 0.177 e. The molecule has 1 aromatic carbocycles. The summed E-state index contributed by atoms with van der Waals surface area (Å²) in [6.07, 6.45) is -0.557. The van der Waals surface area contributed by atoms with Crippen LogP contribution in [0.15, 0.2) is 18.2 Å². The van der Waals surface area contributed by atoms with Gasteiger partial charge >= 0.3 is 0 Å². The van der Waals surface area contributed by atoms with Gasteiger partial charge in [0.2, 0.25) is 0 Å². The van der Waals surface area contributed by atoms with Gasteiger partial charge in [0.1, 0.15) is 0 Å². The van der Waals surface area contributed by atoms with E-state index in [0.717, 1.165) is 0 Å². The quantitative estimate of drug-likeness (QED) is 0.926. The Morgan fingerprint density at radius 1 is 1.41 bits per heavy atom. The molecule has 0 saturated carbocycles. The van der Waals surface area contributed by atoms with Crippen LogP contribution in [-0.4, -0.2) is 25.3 Å². The van der Waals surface area contributed by atoms with E-state index in [9.17, 15) is 5.11 Å². The Hall–Kier alpha value is -1.17. The Balaban J connectivity index is 2.19. The zero-order chi connectivity index (χ0) is 12.4. The Kier molecular flexibility index (Phi) is 3.61. The zero-order valence-electron chi connectivity index (χ0n) is 9.01. The Labute approximate surface area is 108 Å². The van der Waals surface area contributed by atoms with Crippen molar-refractivity contribution in [2.75, 3.05) is 0 Å². The number of hydrogen-bond acceptors (Lipinski definition) is 4. The number of nitrogens with zero attached hydrogens (tertiary/aromatic N) is 4. The van der Waals surface area contributed by atoms with E-state index >= 15 is 0 Å². The van der Waals surface area contributed by atoms with E-state index in [-0.39, 0.29) is 6.42 Å². The van der Waals surface area contributed by atoms with Gasteiger partial charge in [0.05, 0.1) is 13.2 Å². The van der Waals surface area contributed by atoms with E-state index in [1.807, 2.05) is 0 Å². The predicted octanol–water partition coefficient (Wildman–Crippen LogP) is 1.79. The van der Waals surface area contributed by atoms with Crippen LogP contribution in [-0.2, 0) is 13.5 Å². The van der Waals surface area contributed by atoms with E-state index in [4.69, 9.17) is 23.2 Å². The van der Waals surface area contributed by atoms with Crippen molar-refractivity contribution in [3.05, 3.63) is 39.6 Å². The average Bonchev–Trinajstić information content (AvgIpc) is 2.67. The zero-order valence-corrected chi connectivity index (χ0v) is 10.5. The third-order valence-corrected chi connectivity index (χ3v) is 2.82. The highest BCUT2D eigenvalue weighted by molar-refractivity contribution is 6.33. The maximum absolute atomic E-state index is 10.0. The first-order valence-corrected chi connectivity index (χ1v) is 5.68. The second kappa shape index (κ2) is 5.00. The van der Waals surface area contributed by atoms with E-state index in [2.05, 4.69) is 15.4 Å². The van der Waals surface area contributed by atoms with Crippen LogP contribution in [0.5, 0.6) is 0 Å². The number of tetrazole rings is 1. The molecular formula is C10H10Cl2N4O. The lowest BCUT2D eigenvalue weighted by Crippen LogP contribution is -2.04. The molecule has 2 rings (SSSR count).